The summed E-state index contributed by atoms with van der Waals surface area (Å²) in [6.45, 7) is 4.24. The highest BCUT2D eigenvalue weighted by Crippen LogP contribution is 2.21. The highest BCUT2D eigenvalue weighted by atomic mass is 32.2. The van der Waals surface area contributed by atoms with Gasteiger partial charge in [-0.25, -0.2) is 0 Å². The van der Waals surface area contributed by atoms with Gasteiger partial charge in [0.05, 0.1) is 11.4 Å². The Bertz CT molecular complexity index is 724. The Labute approximate surface area is 132 Å². The van der Waals surface area contributed by atoms with Gasteiger partial charge in [0.15, 0.2) is 5.82 Å². The standard InChI is InChI=1S/C14H16N6OS/c1-10(2)8-13-15-12(17-21-13)9-22-14-16-18-19-20(14)11-6-4-3-5-7-11/h3-7,10H,8-9H2,1-2H3. The van der Waals surface area contributed by atoms with E-state index in [1.54, 1.807) is 4.68 Å². The summed E-state index contributed by atoms with van der Waals surface area (Å²) in [5.41, 5.74) is 0.920. The van der Waals surface area contributed by atoms with Gasteiger partial charge in [-0.05, 0) is 28.5 Å². The van der Waals surface area contributed by atoms with Gasteiger partial charge in [-0.15, -0.1) is 5.10 Å². The van der Waals surface area contributed by atoms with Crippen LogP contribution in [-0.2, 0) is 12.2 Å². The Morgan fingerprint density at radius 2 is 2.05 bits per heavy atom. The van der Waals surface area contributed by atoms with E-state index < -0.39 is 0 Å². The van der Waals surface area contributed by atoms with E-state index in [1.165, 1.54) is 11.8 Å². The lowest BCUT2D eigenvalue weighted by molar-refractivity contribution is 0.360. The number of thioether (sulfide) groups is 1. The highest BCUT2D eigenvalue weighted by Gasteiger charge is 2.12. The summed E-state index contributed by atoms with van der Waals surface area (Å²) in [6.07, 6.45) is 0.791. The molecule has 8 heteroatoms. The Kier molecular flexibility index (Phi) is 4.47. The third-order valence-electron chi connectivity index (χ3n) is 2.87. The van der Waals surface area contributed by atoms with Crippen molar-refractivity contribution in [2.45, 2.75) is 31.2 Å². The first kappa shape index (κ1) is 14.7. The number of hydrogen-bond donors (Lipinski definition) is 0. The third kappa shape index (κ3) is 3.51. The molecular formula is C14H16N6OS. The van der Waals surface area contributed by atoms with Crippen LogP contribution in [0.5, 0.6) is 0 Å². The lowest BCUT2D eigenvalue weighted by Gasteiger charge is -2.02. The summed E-state index contributed by atoms with van der Waals surface area (Å²) in [5, 5.41) is 16.5. The van der Waals surface area contributed by atoms with Crippen LogP contribution in [0.15, 0.2) is 40.0 Å². The van der Waals surface area contributed by atoms with E-state index in [0.29, 0.717) is 28.5 Å². The molecule has 0 unspecified atom stereocenters. The predicted octanol–water partition coefficient (Wildman–Crippen LogP) is 2.54. The van der Waals surface area contributed by atoms with Crippen molar-refractivity contribution in [1.82, 2.24) is 30.3 Å². The summed E-state index contributed by atoms with van der Waals surface area (Å²) in [5.74, 6) is 2.39. The molecule has 0 aliphatic carbocycles. The second-order valence-electron chi connectivity index (χ2n) is 5.20. The fraction of sp³-hybridized carbons (Fsp3) is 0.357. The van der Waals surface area contributed by atoms with Gasteiger partial charge in [-0.3, -0.25) is 0 Å². The number of tetrazole rings is 1. The minimum Gasteiger partial charge on any atom is -0.339 e. The molecule has 0 bridgehead atoms. The van der Waals surface area contributed by atoms with Crippen molar-refractivity contribution in [2.75, 3.05) is 0 Å². The lowest BCUT2D eigenvalue weighted by Crippen LogP contribution is -1.99. The fourth-order valence-electron chi connectivity index (χ4n) is 1.91. The minimum absolute atomic E-state index is 0.492. The normalized spacial score (nSPS) is 11.2. The van der Waals surface area contributed by atoms with Crippen LogP contribution in [0.25, 0.3) is 5.69 Å². The zero-order valence-electron chi connectivity index (χ0n) is 12.4. The van der Waals surface area contributed by atoms with Crippen LogP contribution in [0.3, 0.4) is 0 Å². The molecule has 0 aliphatic rings. The average molecular weight is 316 g/mol. The van der Waals surface area contributed by atoms with E-state index >= 15 is 0 Å². The van der Waals surface area contributed by atoms with E-state index in [4.69, 9.17) is 4.52 Å². The molecule has 2 aromatic heterocycles. The van der Waals surface area contributed by atoms with Crippen molar-refractivity contribution >= 4 is 11.8 Å². The Hall–Kier alpha value is -2.22. The average Bonchev–Trinajstić information content (AvgIpc) is 3.14. The van der Waals surface area contributed by atoms with Gasteiger partial charge in [0.1, 0.15) is 0 Å². The molecule has 114 valence electrons. The van der Waals surface area contributed by atoms with Crippen LogP contribution >= 0.6 is 11.8 Å². The number of nitrogens with zero attached hydrogens (tertiary/aromatic N) is 6. The Morgan fingerprint density at radius 1 is 1.23 bits per heavy atom. The smallest absolute Gasteiger partial charge is 0.226 e. The molecule has 0 radical (unpaired) electrons. The van der Waals surface area contributed by atoms with Crippen LogP contribution in [0.2, 0.25) is 0 Å². The summed E-state index contributed by atoms with van der Waals surface area (Å²) in [4.78, 5) is 4.38. The molecule has 0 atom stereocenters. The molecule has 0 saturated carbocycles. The van der Waals surface area contributed by atoms with Crippen LogP contribution < -0.4 is 0 Å². The van der Waals surface area contributed by atoms with Crippen molar-refractivity contribution in [3.8, 4) is 5.69 Å². The van der Waals surface area contributed by atoms with Gasteiger partial charge in [-0.2, -0.15) is 9.67 Å². The summed E-state index contributed by atoms with van der Waals surface area (Å²) >= 11 is 1.48. The number of hydrogen-bond acceptors (Lipinski definition) is 7. The first-order valence-electron chi connectivity index (χ1n) is 7.00. The predicted molar refractivity (Wildman–Crippen MR) is 81.6 cm³/mol. The summed E-state index contributed by atoms with van der Waals surface area (Å²) < 4.78 is 6.92. The van der Waals surface area contributed by atoms with E-state index in [0.717, 1.165) is 12.1 Å². The molecule has 3 aromatic rings. The van der Waals surface area contributed by atoms with Crippen LogP contribution in [-0.4, -0.2) is 30.3 Å². The molecule has 0 saturated heterocycles. The molecule has 0 N–H and O–H groups in total. The first-order chi connectivity index (χ1) is 10.7. The quantitative estimate of drug-likeness (QED) is 0.646. The topological polar surface area (TPSA) is 82.5 Å². The van der Waals surface area contributed by atoms with Crippen molar-refractivity contribution in [3.63, 3.8) is 0 Å². The molecule has 0 spiro atoms. The van der Waals surface area contributed by atoms with E-state index in [1.807, 2.05) is 30.3 Å². The lowest BCUT2D eigenvalue weighted by atomic mass is 10.1. The first-order valence-corrected chi connectivity index (χ1v) is 7.99. The molecule has 22 heavy (non-hydrogen) atoms. The molecular weight excluding hydrogens is 300 g/mol. The molecule has 1 aromatic carbocycles. The Morgan fingerprint density at radius 3 is 2.82 bits per heavy atom. The van der Waals surface area contributed by atoms with E-state index in [2.05, 4.69) is 39.5 Å². The molecule has 0 aliphatic heterocycles. The second-order valence-corrected chi connectivity index (χ2v) is 6.14. The van der Waals surface area contributed by atoms with Crippen molar-refractivity contribution in [3.05, 3.63) is 42.0 Å². The van der Waals surface area contributed by atoms with Gasteiger partial charge in [0, 0.05) is 6.42 Å². The number of benzene rings is 1. The third-order valence-corrected chi connectivity index (χ3v) is 3.78. The molecule has 2 heterocycles. The fourth-order valence-corrected chi connectivity index (χ4v) is 2.64. The number of aromatic nitrogens is 6. The number of para-hydroxylation sites is 1. The van der Waals surface area contributed by atoms with Crippen molar-refractivity contribution in [1.29, 1.82) is 0 Å². The maximum Gasteiger partial charge on any atom is 0.226 e. The van der Waals surface area contributed by atoms with E-state index in [9.17, 15) is 0 Å². The maximum absolute atomic E-state index is 5.23. The van der Waals surface area contributed by atoms with Gasteiger partial charge in [-0.1, -0.05) is 49.0 Å². The van der Waals surface area contributed by atoms with Gasteiger partial charge < -0.3 is 4.52 Å². The van der Waals surface area contributed by atoms with Crippen LogP contribution in [0.1, 0.15) is 25.6 Å². The monoisotopic (exact) mass is 316 g/mol. The zero-order chi connectivity index (χ0) is 15.4. The molecule has 0 amide bonds. The van der Waals surface area contributed by atoms with Crippen LogP contribution in [0, 0.1) is 5.92 Å². The zero-order valence-corrected chi connectivity index (χ0v) is 13.2. The van der Waals surface area contributed by atoms with E-state index in [-0.39, 0.29) is 0 Å². The second kappa shape index (κ2) is 6.69. The summed E-state index contributed by atoms with van der Waals surface area (Å²) in [6, 6.07) is 9.76. The SMILES string of the molecule is CC(C)Cc1nc(CSc2nnnn2-c2ccccc2)no1. The van der Waals surface area contributed by atoms with Gasteiger partial charge in [0.25, 0.3) is 0 Å². The molecule has 3 rings (SSSR count). The number of rotatable bonds is 6. The van der Waals surface area contributed by atoms with Gasteiger partial charge in [0.2, 0.25) is 11.0 Å². The largest absolute Gasteiger partial charge is 0.339 e. The van der Waals surface area contributed by atoms with Crippen molar-refractivity contribution < 1.29 is 4.52 Å². The van der Waals surface area contributed by atoms with Gasteiger partial charge >= 0.3 is 0 Å². The van der Waals surface area contributed by atoms with Crippen molar-refractivity contribution in [2.24, 2.45) is 5.92 Å². The maximum atomic E-state index is 5.23. The molecule has 7 nitrogen and oxygen atoms in total. The minimum atomic E-state index is 0.492. The molecule has 0 fully saturated rings. The Balaban J connectivity index is 1.68. The van der Waals surface area contributed by atoms with Crippen LogP contribution in [0.4, 0.5) is 0 Å². The highest BCUT2D eigenvalue weighted by molar-refractivity contribution is 7.98. The summed E-state index contributed by atoms with van der Waals surface area (Å²) in [7, 11) is 0.